The molecular weight excluding hydrogens is 328 g/mol. The summed E-state index contributed by atoms with van der Waals surface area (Å²) in [5.41, 5.74) is 2.08. The van der Waals surface area contributed by atoms with Crippen molar-refractivity contribution < 1.29 is 4.74 Å². The van der Waals surface area contributed by atoms with E-state index in [-0.39, 0.29) is 0 Å². The molecule has 5 nitrogen and oxygen atoms in total. The van der Waals surface area contributed by atoms with Gasteiger partial charge in [-0.1, -0.05) is 12.1 Å². The van der Waals surface area contributed by atoms with Crippen LogP contribution in [0.5, 0.6) is 5.75 Å². The number of benzene rings is 1. The summed E-state index contributed by atoms with van der Waals surface area (Å²) in [4.78, 5) is 1.10. The molecule has 0 bridgehead atoms. The maximum absolute atomic E-state index is 5.54. The Labute approximate surface area is 143 Å². The lowest BCUT2D eigenvalue weighted by Crippen LogP contribution is -1.96. The SMILES string of the molecule is CCOc1cccc(-c2n[nH]c(=S)n2/N=C\c2sccc2C)c1. The number of aromatic amines is 1. The van der Waals surface area contributed by atoms with Gasteiger partial charge in [-0.05, 0) is 55.2 Å². The molecule has 0 aliphatic rings. The second-order valence-corrected chi connectivity index (χ2v) is 6.17. The van der Waals surface area contributed by atoms with Gasteiger partial charge in [0.15, 0.2) is 5.82 Å². The number of aromatic nitrogens is 3. The highest BCUT2D eigenvalue weighted by Gasteiger charge is 2.09. The Morgan fingerprint density at radius 1 is 1.43 bits per heavy atom. The fourth-order valence-electron chi connectivity index (χ4n) is 2.10. The molecule has 3 rings (SSSR count). The predicted molar refractivity (Wildman–Crippen MR) is 96.1 cm³/mol. The lowest BCUT2D eigenvalue weighted by atomic mass is 10.2. The summed E-state index contributed by atoms with van der Waals surface area (Å²) in [7, 11) is 0. The molecule has 0 saturated carbocycles. The van der Waals surface area contributed by atoms with Crippen LogP contribution < -0.4 is 4.74 Å². The van der Waals surface area contributed by atoms with Gasteiger partial charge in [-0.25, -0.2) is 5.10 Å². The van der Waals surface area contributed by atoms with Gasteiger partial charge in [-0.2, -0.15) is 14.9 Å². The smallest absolute Gasteiger partial charge is 0.216 e. The van der Waals surface area contributed by atoms with Crippen molar-refractivity contribution in [3.63, 3.8) is 0 Å². The minimum atomic E-state index is 0.451. The Balaban J connectivity index is 1.99. The minimum Gasteiger partial charge on any atom is -0.494 e. The van der Waals surface area contributed by atoms with E-state index >= 15 is 0 Å². The lowest BCUT2D eigenvalue weighted by molar-refractivity contribution is 0.340. The molecule has 0 fully saturated rings. The largest absolute Gasteiger partial charge is 0.494 e. The van der Waals surface area contributed by atoms with Crippen LogP contribution in [0.2, 0.25) is 0 Å². The van der Waals surface area contributed by atoms with Crippen LogP contribution >= 0.6 is 23.6 Å². The van der Waals surface area contributed by atoms with Gasteiger partial charge in [0.2, 0.25) is 4.77 Å². The second-order valence-electron chi connectivity index (χ2n) is 4.84. The Bertz CT molecular complexity index is 891. The monoisotopic (exact) mass is 344 g/mol. The van der Waals surface area contributed by atoms with E-state index in [9.17, 15) is 0 Å². The van der Waals surface area contributed by atoms with E-state index in [1.807, 2.05) is 36.6 Å². The first-order valence-electron chi connectivity index (χ1n) is 7.18. The zero-order valence-corrected chi connectivity index (χ0v) is 14.4. The summed E-state index contributed by atoms with van der Waals surface area (Å²) in [5.74, 6) is 1.45. The molecule has 23 heavy (non-hydrogen) atoms. The summed E-state index contributed by atoms with van der Waals surface area (Å²) in [6, 6.07) is 9.78. The molecule has 0 aliphatic carbocycles. The number of H-pyrrole nitrogens is 1. The molecule has 1 N–H and O–H groups in total. The molecule has 0 spiro atoms. The molecule has 2 heterocycles. The number of ether oxygens (including phenoxy) is 1. The van der Waals surface area contributed by atoms with Crippen molar-refractivity contribution in [2.45, 2.75) is 13.8 Å². The summed E-state index contributed by atoms with van der Waals surface area (Å²) in [6.07, 6.45) is 1.81. The quantitative estimate of drug-likeness (QED) is 0.556. The van der Waals surface area contributed by atoms with Gasteiger partial charge in [-0.3, -0.25) is 0 Å². The van der Waals surface area contributed by atoms with E-state index in [0.29, 0.717) is 17.2 Å². The summed E-state index contributed by atoms with van der Waals surface area (Å²) < 4.78 is 7.61. The molecular formula is C16H16N4OS2. The number of nitrogens with zero attached hydrogens (tertiary/aromatic N) is 3. The second kappa shape index (κ2) is 6.89. The van der Waals surface area contributed by atoms with E-state index in [1.165, 1.54) is 5.56 Å². The fourth-order valence-corrected chi connectivity index (χ4v) is 3.06. The number of rotatable bonds is 5. The highest BCUT2D eigenvalue weighted by atomic mass is 32.1. The Morgan fingerprint density at radius 2 is 2.30 bits per heavy atom. The Morgan fingerprint density at radius 3 is 3.04 bits per heavy atom. The standard InChI is InChI=1S/C16H16N4OS2/c1-3-21-13-6-4-5-12(9-13)15-18-19-16(22)20(15)17-10-14-11(2)7-8-23-14/h4-10H,3H2,1-2H3,(H,19,22)/b17-10-. The van der Waals surface area contributed by atoms with Crippen LogP contribution in [-0.4, -0.2) is 27.7 Å². The van der Waals surface area contributed by atoms with Gasteiger partial charge in [0.25, 0.3) is 0 Å². The Kier molecular flexibility index (Phi) is 4.68. The van der Waals surface area contributed by atoms with E-state index in [0.717, 1.165) is 16.2 Å². The molecule has 0 amide bonds. The van der Waals surface area contributed by atoms with E-state index < -0.39 is 0 Å². The molecule has 2 aromatic heterocycles. The van der Waals surface area contributed by atoms with Crippen LogP contribution in [0, 0.1) is 11.7 Å². The third-order valence-corrected chi connectivity index (χ3v) is 4.46. The van der Waals surface area contributed by atoms with Gasteiger partial charge in [0.1, 0.15) is 5.75 Å². The number of hydrogen-bond acceptors (Lipinski definition) is 5. The fraction of sp³-hybridized carbons (Fsp3) is 0.188. The normalized spacial score (nSPS) is 11.2. The van der Waals surface area contributed by atoms with Gasteiger partial charge in [-0.15, -0.1) is 11.3 Å². The van der Waals surface area contributed by atoms with E-state index in [1.54, 1.807) is 22.2 Å². The molecule has 0 radical (unpaired) electrons. The van der Waals surface area contributed by atoms with E-state index in [4.69, 9.17) is 17.0 Å². The molecule has 0 unspecified atom stereocenters. The molecule has 0 aliphatic heterocycles. The summed E-state index contributed by atoms with van der Waals surface area (Å²) in [6.45, 7) is 4.63. The average molecular weight is 344 g/mol. The van der Waals surface area contributed by atoms with E-state index in [2.05, 4.69) is 28.3 Å². The molecule has 0 saturated heterocycles. The molecule has 0 atom stereocenters. The van der Waals surface area contributed by atoms with Crippen molar-refractivity contribution in [3.8, 4) is 17.1 Å². The van der Waals surface area contributed by atoms with Gasteiger partial charge in [0.05, 0.1) is 17.7 Å². The average Bonchev–Trinajstić information content (AvgIpc) is 3.12. The molecule has 118 valence electrons. The first-order chi connectivity index (χ1) is 11.2. The first kappa shape index (κ1) is 15.6. The first-order valence-corrected chi connectivity index (χ1v) is 8.47. The lowest BCUT2D eigenvalue weighted by Gasteiger charge is -2.05. The van der Waals surface area contributed by atoms with Crippen molar-refractivity contribution in [1.29, 1.82) is 0 Å². The summed E-state index contributed by atoms with van der Waals surface area (Å²) >= 11 is 6.93. The number of nitrogens with one attached hydrogen (secondary N) is 1. The van der Waals surface area contributed by atoms with Crippen LogP contribution in [0.3, 0.4) is 0 Å². The maximum atomic E-state index is 5.54. The maximum Gasteiger partial charge on any atom is 0.216 e. The van der Waals surface area contributed by atoms with Gasteiger partial charge >= 0.3 is 0 Å². The minimum absolute atomic E-state index is 0.451. The van der Waals surface area contributed by atoms with Crippen molar-refractivity contribution in [2.24, 2.45) is 5.10 Å². The highest BCUT2D eigenvalue weighted by molar-refractivity contribution is 7.71. The van der Waals surface area contributed by atoms with Crippen LogP contribution in [0.4, 0.5) is 0 Å². The van der Waals surface area contributed by atoms with Gasteiger partial charge in [0, 0.05) is 5.56 Å². The summed E-state index contributed by atoms with van der Waals surface area (Å²) in [5, 5.41) is 13.6. The van der Waals surface area contributed by atoms with Crippen LogP contribution in [0.15, 0.2) is 40.8 Å². The van der Waals surface area contributed by atoms with Crippen molar-refractivity contribution in [1.82, 2.24) is 14.9 Å². The third kappa shape index (κ3) is 3.40. The van der Waals surface area contributed by atoms with Gasteiger partial charge < -0.3 is 4.74 Å². The predicted octanol–water partition coefficient (Wildman–Crippen LogP) is 4.26. The van der Waals surface area contributed by atoms with Crippen LogP contribution in [0.1, 0.15) is 17.4 Å². The molecule has 7 heteroatoms. The van der Waals surface area contributed by atoms with Crippen LogP contribution in [-0.2, 0) is 0 Å². The molecule has 1 aromatic carbocycles. The number of aryl methyl sites for hydroxylation is 1. The number of thiophene rings is 1. The van der Waals surface area contributed by atoms with Crippen molar-refractivity contribution in [2.75, 3.05) is 6.61 Å². The third-order valence-electron chi connectivity index (χ3n) is 3.25. The molecule has 3 aromatic rings. The Hall–Kier alpha value is -2.25. The zero-order valence-electron chi connectivity index (χ0n) is 12.8. The van der Waals surface area contributed by atoms with Crippen molar-refractivity contribution >= 4 is 29.8 Å². The topological polar surface area (TPSA) is 55.2 Å². The zero-order chi connectivity index (χ0) is 16.2. The number of hydrogen-bond donors (Lipinski definition) is 1. The van der Waals surface area contributed by atoms with Crippen molar-refractivity contribution in [3.05, 3.63) is 50.9 Å². The highest BCUT2D eigenvalue weighted by Crippen LogP contribution is 2.23. The van der Waals surface area contributed by atoms with Crippen LogP contribution in [0.25, 0.3) is 11.4 Å².